The highest BCUT2D eigenvalue weighted by Gasteiger charge is 1.93. The number of hydrogen-bond acceptors (Lipinski definition) is 3. The van der Waals surface area contributed by atoms with Gasteiger partial charge in [0.1, 0.15) is 0 Å². The Morgan fingerprint density at radius 2 is 0.966 bits per heavy atom. The van der Waals surface area contributed by atoms with Crippen molar-refractivity contribution in [3.05, 3.63) is 24.3 Å². The van der Waals surface area contributed by atoms with Gasteiger partial charge in [-0.15, -0.1) is 0 Å². The average Bonchev–Trinajstić information content (AvgIpc) is 2.74. The van der Waals surface area contributed by atoms with Crippen LogP contribution in [0.25, 0.3) is 0 Å². The van der Waals surface area contributed by atoms with Gasteiger partial charge in [-0.3, -0.25) is 0 Å². The Morgan fingerprint density at radius 3 is 1.55 bits per heavy atom. The summed E-state index contributed by atoms with van der Waals surface area (Å²) in [6.07, 6.45) is 31.1. The van der Waals surface area contributed by atoms with Gasteiger partial charge >= 0.3 is 0 Å². The van der Waals surface area contributed by atoms with Gasteiger partial charge < -0.3 is 4.74 Å². The molecule has 172 valence electrons. The highest BCUT2D eigenvalue weighted by Crippen LogP contribution is 2.10. The van der Waals surface area contributed by atoms with Crippen LogP contribution in [-0.4, -0.2) is 26.9 Å². The summed E-state index contributed by atoms with van der Waals surface area (Å²) in [6.45, 7) is 4.73. The van der Waals surface area contributed by atoms with Crippen LogP contribution < -0.4 is 0 Å². The maximum absolute atomic E-state index is 5.70. The number of rotatable bonds is 24. The summed E-state index contributed by atoms with van der Waals surface area (Å²) in [4.78, 5) is 9.42. The van der Waals surface area contributed by atoms with Gasteiger partial charge in [0, 0.05) is 6.61 Å². The molecule has 0 aliphatic carbocycles. The zero-order chi connectivity index (χ0) is 21.1. The molecule has 0 aliphatic heterocycles. The van der Waals surface area contributed by atoms with E-state index in [2.05, 4.69) is 36.1 Å². The fourth-order valence-electron chi connectivity index (χ4n) is 3.26. The summed E-state index contributed by atoms with van der Waals surface area (Å²) in [5.74, 6) is 0. The largest absolute Gasteiger partial charge is 0.381 e. The molecule has 0 fully saturated rings. The van der Waals surface area contributed by atoms with Crippen molar-refractivity contribution >= 4 is 0 Å². The normalized spacial score (nSPS) is 11.9. The minimum Gasteiger partial charge on any atom is -0.381 e. The van der Waals surface area contributed by atoms with E-state index in [1.807, 2.05) is 0 Å². The van der Waals surface area contributed by atoms with Crippen molar-refractivity contribution < 1.29 is 14.5 Å². The second-order valence-corrected chi connectivity index (χ2v) is 7.94. The Balaban J connectivity index is 3.10. The average molecular weight is 411 g/mol. The van der Waals surface area contributed by atoms with Crippen LogP contribution in [0.3, 0.4) is 0 Å². The van der Waals surface area contributed by atoms with Gasteiger partial charge in [-0.05, 0) is 51.4 Å². The molecular weight excluding hydrogens is 360 g/mol. The number of unbranched alkanes of at least 4 members (excludes halogenated alkanes) is 13. The Labute approximate surface area is 182 Å². The summed E-state index contributed by atoms with van der Waals surface area (Å²) in [6, 6.07) is 0. The van der Waals surface area contributed by atoms with Gasteiger partial charge in [-0.1, -0.05) is 89.0 Å². The number of ether oxygens (including phenoxy) is 1. The lowest BCUT2D eigenvalue weighted by Gasteiger charge is -2.03. The third kappa shape index (κ3) is 27.4. The molecule has 0 saturated heterocycles. The third-order valence-corrected chi connectivity index (χ3v) is 5.11. The molecule has 0 spiro atoms. The standard InChI is InChI=1S/C26H50O3/c1-3-4-5-6-7-8-9-10-11-12-13-14-15-16-18-21-24-28-25-22-19-17-20-23-26-29-27-2/h6-7,16,18H,3-5,8-15,17,19-26H2,1-2H3/b7-6+,18-16-. The maximum atomic E-state index is 5.70. The zero-order valence-electron chi connectivity index (χ0n) is 19.7. The first-order valence-corrected chi connectivity index (χ1v) is 12.4. The minimum atomic E-state index is 0.705. The summed E-state index contributed by atoms with van der Waals surface area (Å²) in [5, 5.41) is 0. The molecule has 0 unspecified atom stereocenters. The molecule has 0 aromatic carbocycles. The number of allylic oxidation sites excluding steroid dienone is 3. The van der Waals surface area contributed by atoms with Crippen molar-refractivity contribution in [2.75, 3.05) is 26.9 Å². The van der Waals surface area contributed by atoms with E-state index < -0.39 is 0 Å². The van der Waals surface area contributed by atoms with Crippen LogP contribution in [0.4, 0.5) is 0 Å². The molecule has 29 heavy (non-hydrogen) atoms. The number of hydrogen-bond donors (Lipinski definition) is 0. The van der Waals surface area contributed by atoms with E-state index >= 15 is 0 Å². The molecular formula is C26H50O3. The first-order valence-electron chi connectivity index (χ1n) is 12.4. The van der Waals surface area contributed by atoms with Gasteiger partial charge in [0.15, 0.2) is 0 Å². The lowest BCUT2D eigenvalue weighted by molar-refractivity contribution is -0.272. The first kappa shape index (κ1) is 28.4. The molecule has 3 heteroatoms. The first-order chi connectivity index (χ1) is 14.4. The lowest BCUT2D eigenvalue weighted by atomic mass is 10.1. The Morgan fingerprint density at radius 1 is 0.483 bits per heavy atom. The van der Waals surface area contributed by atoms with Crippen LogP contribution in [0.15, 0.2) is 24.3 Å². The molecule has 0 aliphatic rings. The maximum Gasteiger partial charge on any atom is 0.0822 e. The minimum absolute atomic E-state index is 0.705. The van der Waals surface area contributed by atoms with Crippen molar-refractivity contribution in [2.24, 2.45) is 0 Å². The summed E-state index contributed by atoms with van der Waals surface area (Å²) in [5.41, 5.74) is 0. The monoisotopic (exact) mass is 410 g/mol. The predicted octanol–water partition coefficient (Wildman–Crippen LogP) is 8.35. The van der Waals surface area contributed by atoms with Crippen LogP contribution in [0.2, 0.25) is 0 Å². The molecule has 0 saturated carbocycles. The van der Waals surface area contributed by atoms with E-state index in [4.69, 9.17) is 9.62 Å². The van der Waals surface area contributed by atoms with E-state index in [0.29, 0.717) is 6.61 Å². The van der Waals surface area contributed by atoms with Gasteiger partial charge in [0.05, 0.1) is 20.3 Å². The smallest absolute Gasteiger partial charge is 0.0822 e. The van der Waals surface area contributed by atoms with Crippen LogP contribution >= 0.6 is 0 Å². The highest BCUT2D eigenvalue weighted by atomic mass is 17.2. The van der Waals surface area contributed by atoms with Crippen LogP contribution in [0.1, 0.15) is 116 Å². The van der Waals surface area contributed by atoms with E-state index in [1.54, 1.807) is 7.11 Å². The molecule has 0 aromatic heterocycles. The molecule has 0 N–H and O–H groups in total. The molecule has 0 heterocycles. The van der Waals surface area contributed by atoms with Gasteiger partial charge in [0.2, 0.25) is 0 Å². The van der Waals surface area contributed by atoms with Crippen molar-refractivity contribution in [3.63, 3.8) is 0 Å². The van der Waals surface area contributed by atoms with Gasteiger partial charge in [0.25, 0.3) is 0 Å². The lowest BCUT2D eigenvalue weighted by Crippen LogP contribution is -1.96. The molecule has 0 radical (unpaired) electrons. The fourth-order valence-corrected chi connectivity index (χ4v) is 3.26. The SMILES string of the molecule is CCCC/C=C/CCCCCCCC/C=C\CCOCCCCCCCOOC. The van der Waals surface area contributed by atoms with Crippen molar-refractivity contribution in [1.29, 1.82) is 0 Å². The van der Waals surface area contributed by atoms with Gasteiger partial charge in [-0.25, -0.2) is 9.78 Å². The fraction of sp³-hybridized carbons (Fsp3) is 0.846. The summed E-state index contributed by atoms with van der Waals surface area (Å²) in [7, 11) is 1.56. The summed E-state index contributed by atoms with van der Waals surface area (Å²) >= 11 is 0. The second-order valence-electron chi connectivity index (χ2n) is 7.94. The van der Waals surface area contributed by atoms with E-state index in [0.717, 1.165) is 26.1 Å². The molecule has 0 aromatic rings. The second kappa shape index (κ2) is 27.4. The topological polar surface area (TPSA) is 27.7 Å². The van der Waals surface area contributed by atoms with Crippen LogP contribution in [0.5, 0.6) is 0 Å². The van der Waals surface area contributed by atoms with Crippen molar-refractivity contribution in [1.82, 2.24) is 0 Å². The Bertz CT molecular complexity index is 339. The van der Waals surface area contributed by atoms with E-state index in [-0.39, 0.29) is 0 Å². The Kier molecular flexibility index (Phi) is 26.8. The molecule has 0 rings (SSSR count). The molecule has 0 bridgehead atoms. The predicted molar refractivity (Wildman–Crippen MR) is 126 cm³/mol. The molecule has 0 amide bonds. The zero-order valence-corrected chi connectivity index (χ0v) is 19.7. The van der Waals surface area contributed by atoms with Gasteiger partial charge in [-0.2, -0.15) is 0 Å². The third-order valence-electron chi connectivity index (χ3n) is 5.11. The summed E-state index contributed by atoms with van der Waals surface area (Å²) < 4.78 is 5.70. The Hall–Kier alpha value is -0.640. The quantitative estimate of drug-likeness (QED) is 0.0692. The van der Waals surface area contributed by atoms with Crippen LogP contribution in [-0.2, 0) is 14.5 Å². The van der Waals surface area contributed by atoms with E-state index in [1.165, 1.54) is 96.3 Å². The van der Waals surface area contributed by atoms with Crippen molar-refractivity contribution in [2.45, 2.75) is 116 Å². The van der Waals surface area contributed by atoms with Crippen LogP contribution in [0, 0.1) is 0 Å². The van der Waals surface area contributed by atoms with E-state index in [9.17, 15) is 0 Å². The molecule has 3 nitrogen and oxygen atoms in total. The molecule has 0 atom stereocenters. The van der Waals surface area contributed by atoms with Crippen molar-refractivity contribution in [3.8, 4) is 0 Å². The highest BCUT2D eigenvalue weighted by molar-refractivity contribution is 4.82.